The van der Waals surface area contributed by atoms with E-state index in [1.54, 1.807) is 11.3 Å². The fourth-order valence-electron chi connectivity index (χ4n) is 1.33. The van der Waals surface area contributed by atoms with E-state index in [2.05, 4.69) is 32.9 Å². The van der Waals surface area contributed by atoms with Gasteiger partial charge in [0.15, 0.2) is 5.96 Å². The number of nitrogens with one attached hydrogen (secondary N) is 2. The van der Waals surface area contributed by atoms with Crippen molar-refractivity contribution in [2.45, 2.75) is 19.9 Å². The summed E-state index contributed by atoms with van der Waals surface area (Å²) in [4.78, 5) is 8.71. The van der Waals surface area contributed by atoms with E-state index in [9.17, 15) is 0 Å². The molecule has 2 N–H and O–H groups in total. The van der Waals surface area contributed by atoms with Crippen LogP contribution in [0.5, 0.6) is 0 Å². The Morgan fingerprint density at radius 1 is 1.64 bits per heavy atom. The molecule has 0 aromatic carbocycles. The fourth-order valence-corrected chi connectivity index (χ4v) is 2.14. The molecule has 14 heavy (non-hydrogen) atoms. The van der Waals surface area contributed by atoms with Crippen LogP contribution in [0.15, 0.2) is 10.4 Å². The normalized spacial score (nSPS) is 17.4. The summed E-state index contributed by atoms with van der Waals surface area (Å²) in [5.41, 5.74) is 1.08. The van der Waals surface area contributed by atoms with E-state index in [0.29, 0.717) is 0 Å². The van der Waals surface area contributed by atoms with E-state index < -0.39 is 0 Å². The van der Waals surface area contributed by atoms with E-state index in [-0.39, 0.29) is 6.04 Å². The Labute approximate surface area is 87.5 Å². The van der Waals surface area contributed by atoms with Crippen molar-refractivity contribution in [2.24, 2.45) is 4.99 Å². The first-order chi connectivity index (χ1) is 6.75. The third kappa shape index (κ3) is 2.04. The molecule has 1 unspecified atom stereocenters. The first-order valence-electron chi connectivity index (χ1n) is 4.72. The second-order valence-electron chi connectivity index (χ2n) is 3.35. The SMILES string of the molecule is Cc1csc(C(C)NC2=NCCN2)n1. The van der Waals surface area contributed by atoms with Crippen molar-refractivity contribution in [1.29, 1.82) is 0 Å². The fraction of sp³-hybridized carbons (Fsp3) is 0.556. The number of hydrogen-bond acceptors (Lipinski definition) is 5. The molecule has 0 fully saturated rings. The summed E-state index contributed by atoms with van der Waals surface area (Å²) in [6, 6.07) is 0.234. The average molecular weight is 210 g/mol. The zero-order chi connectivity index (χ0) is 9.97. The van der Waals surface area contributed by atoms with Crippen molar-refractivity contribution in [2.75, 3.05) is 13.1 Å². The lowest BCUT2D eigenvalue weighted by Crippen LogP contribution is -2.35. The van der Waals surface area contributed by atoms with Crippen molar-refractivity contribution in [3.63, 3.8) is 0 Å². The van der Waals surface area contributed by atoms with Crippen molar-refractivity contribution in [1.82, 2.24) is 15.6 Å². The lowest BCUT2D eigenvalue weighted by Gasteiger charge is -2.12. The van der Waals surface area contributed by atoms with E-state index >= 15 is 0 Å². The molecule has 0 bridgehead atoms. The molecule has 0 aliphatic carbocycles. The molecule has 2 heterocycles. The molecule has 76 valence electrons. The van der Waals surface area contributed by atoms with Gasteiger partial charge in [0.05, 0.1) is 12.6 Å². The van der Waals surface area contributed by atoms with Gasteiger partial charge in [0.2, 0.25) is 0 Å². The maximum Gasteiger partial charge on any atom is 0.191 e. The minimum absolute atomic E-state index is 0.234. The number of guanidine groups is 1. The Balaban J connectivity index is 1.98. The molecular formula is C9H14N4S. The first kappa shape index (κ1) is 9.45. The average Bonchev–Trinajstić information content (AvgIpc) is 2.75. The largest absolute Gasteiger partial charge is 0.355 e. The monoisotopic (exact) mass is 210 g/mol. The Morgan fingerprint density at radius 2 is 2.50 bits per heavy atom. The number of thiazole rings is 1. The molecule has 0 saturated carbocycles. The molecule has 1 aromatic rings. The van der Waals surface area contributed by atoms with Gasteiger partial charge in [-0.05, 0) is 13.8 Å². The molecule has 0 radical (unpaired) electrons. The lowest BCUT2D eigenvalue weighted by atomic mass is 10.3. The summed E-state index contributed by atoms with van der Waals surface area (Å²) >= 11 is 1.68. The third-order valence-electron chi connectivity index (χ3n) is 2.03. The number of hydrogen-bond donors (Lipinski definition) is 2. The Kier molecular flexibility index (Phi) is 2.67. The van der Waals surface area contributed by atoms with Gasteiger partial charge in [-0.2, -0.15) is 0 Å². The van der Waals surface area contributed by atoms with Crippen molar-refractivity contribution >= 4 is 17.3 Å². The molecule has 0 amide bonds. The van der Waals surface area contributed by atoms with Crippen molar-refractivity contribution in [3.05, 3.63) is 16.1 Å². The highest BCUT2D eigenvalue weighted by Gasteiger charge is 2.12. The predicted octanol–water partition coefficient (Wildman–Crippen LogP) is 1.06. The second-order valence-corrected chi connectivity index (χ2v) is 4.24. The number of aliphatic imine (C=N–C) groups is 1. The number of rotatable bonds is 2. The molecule has 2 rings (SSSR count). The summed E-state index contributed by atoms with van der Waals surface area (Å²) in [5, 5.41) is 9.65. The van der Waals surface area contributed by atoms with E-state index in [1.807, 2.05) is 6.92 Å². The van der Waals surface area contributed by atoms with Gasteiger partial charge in [-0.1, -0.05) is 0 Å². The molecular weight excluding hydrogens is 196 g/mol. The van der Waals surface area contributed by atoms with Crippen LogP contribution in [0, 0.1) is 6.92 Å². The van der Waals surface area contributed by atoms with Gasteiger partial charge in [0.1, 0.15) is 5.01 Å². The zero-order valence-electron chi connectivity index (χ0n) is 8.37. The molecule has 1 aromatic heterocycles. The van der Waals surface area contributed by atoms with Gasteiger partial charge in [-0.15, -0.1) is 11.3 Å². The molecule has 1 atom stereocenters. The van der Waals surface area contributed by atoms with Crippen LogP contribution in [0.2, 0.25) is 0 Å². The topological polar surface area (TPSA) is 49.3 Å². The number of aromatic nitrogens is 1. The van der Waals surface area contributed by atoms with Gasteiger partial charge in [-0.3, -0.25) is 4.99 Å². The van der Waals surface area contributed by atoms with Gasteiger partial charge >= 0.3 is 0 Å². The van der Waals surface area contributed by atoms with Gasteiger partial charge in [0, 0.05) is 17.6 Å². The summed E-state index contributed by atoms with van der Waals surface area (Å²) < 4.78 is 0. The molecule has 0 spiro atoms. The van der Waals surface area contributed by atoms with Crippen LogP contribution in [0.3, 0.4) is 0 Å². The minimum Gasteiger partial charge on any atom is -0.355 e. The van der Waals surface area contributed by atoms with Gasteiger partial charge in [-0.25, -0.2) is 4.98 Å². The summed E-state index contributed by atoms with van der Waals surface area (Å²) in [6.45, 7) is 5.91. The van der Waals surface area contributed by atoms with Crippen LogP contribution in [-0.4, -0.2) is 24.0 Å². The molecule has 0 saturated heterocycles. The van der Waals surface area contributed by atoms with Crippen molar-refractivity contribution < 1.29 is 0 Å². The highest BCUT2D eigenvalue weighted by molar-refractivity contribution is 7.09. The van der Waals surface area contributed by atoms with Crippen LogP contribution in [0.1, 0.15) is 23.7 Å². The maximum absolute atomic E-state index is 4.43. The molecule has 4 nitrogen and oxygen atoms in total. The van der Waals surface area contributed by atoms with Crippen LogP contribution >= 0.6 is 11.3 Å². The molecule has 1 aliphatic heterocycles. The molecule has 1 aliphatic rings. The summed E-state index contributed by atoms with van der Waals surface area (Å²) in [7, 11) is 0. The maximum atomic E-state index is 4.43. The van der Waals surface area contributed by atoms with Gasteiger partial charge in [0.25, 0.3) is 0 Å². The van der Waals surface area contributed by atoms with Crippen LogP contribution in [0.4, 0.5) is 0 Å². The standard InChI is InChI=1S/C9H14N4S/c1-6-5-14-8(12-6)7(2)13-9-10-3-4-11-9/h5,7H,3-4H2,1-2H3,(H2,10,11,13). The Hall–Kier alpha value is -1.10. The zero-order valence-corrected chi connectivity index (χ0v) is 9.19. The number of nitrogens with zero attached hydrogens (tertiary/aromatic N) is 2. The smallest absolute Gasteiger partial charge is 0.191 e. The second kappa shape index (κ2) is 3.96. The Bertz CT molecular complexity index is 344. The lowest BCUT2D eigenvalue weighted by molar-refractivity contribution is 0.694. The predicted molar refractivity (Wildman–Crippen MR) is 58.7 cm³/mol. The first-order valence-corrected chi connectivity index (χ1v) is 5.60. The van der Waals surface area contributed by atoms with E-state index in [4.69, 9.17) is 0 Å². The minimum atomic E-state index is 0.234. The third-order valence-corrected chi connectivity index (χ3v) is 3.18. The highest BCUT2D eigenvalue weighted by Crippen LogP contribution is 2.17. The van der Waals surface area contributed by atoms with Crippen LogP contribution < -0.4 is 10.6 Å². The van der Waals surface area contributed by atoms with Gasteiger partial charge < -0.3 is 10.6 Å². The van der Waals surface area contributed by atoms with E-state index in [0.717, 1.165) is 29.8 Å². The van der Waals surface area contributed by atoms with Crippen molar-refractivity contribution in [3.8, 4) is 0 Å². The summed E-state index contributed by atoms with van der Waals surface area (Å²) in [6.07, 6.45) is 0. The molecule has 5 heteroatoms. The quantitative estimate of drug-likeness (QED) is 0.767. The number of aryl methyl sites for hydroxylation is 1. The highest BCUT2D eigenvalue weighted by atomic mass is 32.1. The summed E-state index contributed by atoms with van der Waals surface area (Å²) in [5.74, 6) is 0.894. The van der Waals surface area contributed by atoms with Crippen LogP contribution in [0.25, 0.3) is 0 Å². The Morgan fingerprint density at radius 3 is 3.07 bits per heavy atom. The van der Waals surface area contributed by atoms with Crippen LogP contribution in [-0.2, 0) is 0 Å². The van der Waals surface area contributed by atoms with E-state index in [1.165, 1.54) is 0 Å².